The van der Waals surface area contributed by atoms with Crippen LogP contribution in [0.25, 0.3) is 0 Å². The van der Waals surface area contributed by atoms with Crippen molar-refractivity contribution >= 4 is 17.2 Å². The van der Waals surface area contributed by atoms with E-state index in [9.17, 15) is 4.79 Å². The number of aryl methyl sites for hydroxylation is 1. The summed E-state index contributed by atoms with van der Waals surface area (Å²) in [5.74, 6) is 0.262. The molecule has 1 aromatic heterocycles. The van der Waals surface area contributed by atoms with Gasteiger partial charge in [0, 0.05) is 16.3 Å². The third kappa shape index (κ3) is 4.05. The number of rotatable bonds is 7. The van der Waals surface area contributed by atoms with Crippen molar-refractivity contribution in [3.05, 3.63) is 21.9 Å². The fraction of sp³-hybridized carbons (Fsp3) is 0.688. The number of hydrogen-bond acceptors (Lipinski definition) is 4. The fourth-order valence-corrected chi connectivity index (χ4v) is 3.71. The predicted octanol–water partition coefficient (Wildman–Crippen LogP) is 2.61. The zero-order valence-electron chi connectivity index (χ0n) is 13.6. The van der Waals surface area contributed by atoms with E-state index in [2.05, 4.69) is 50.3 Å². The molecule has 1 amide bonds. The van der Waals surface area contributed by atoms with Crippen molar-refractivity contribution in [2.24, 2.45) is 0 Å². The average Bonchev–Trinajstić information content (AvgIpc) is 2.99. The van der Waals surface area contributed by atoms with Crippen LogP contribution >= 0.6 is 11.3 Å². The molecule has 118 valence electrons. The minimum Gasteiger partial charge on any atom is -0.321 e. The zero-order valence-corrected chi connectivity index (χ0v) is 14.4. The lowest BCUT2D eigenvalue weighted by Gasteiger charge is -2.23. The highest BCUT2D eigenvalue weighted by Crippen LogP contribution is 2.31. The molecule has 1 aromatic rings. The Labute approximate surface area is 132 Å². The molecule has 1 saturated heterocycles. The van der Waals surface area contributed by atoms with Crippen molar-refractivity contribution in [2.45, 2.75) is 45.3 Å². The van der Waals surface area contributed by atoms with Gasteiger partial charge in [-0.05, 0) is 59.0 Å². The third-order valence-corrected chi connectivity index (χ3v) is 5.00. The van der Waals surface area contributed by atoms with E-state index in [1.165, 1.54) is 9.75 Å². The molecule has 0 saturated carbocycles. The summed E-state index contributed by atoms with van der Waals surface area (Å²) in [6.07, 6.45) is 3.11. The number of carbonyl (C=O) groups is 1. The molecule has 0 spiro atoms. The second-order valence-electron chi connectivity index (χ2n) is 6.02. The van der Waals surface area contributed by atoms with Crippen LogP contribution in [0.5, 0.6) is 0 Å². The minimum absolute atomic E-state index is 0.0220. The second kappa shape index (κ2) is 7.38. The quantitative estimate of drug-likeness (QED) is 0.787. The van der Waals surface area contributed by atoms with E-state index in [0.29, 0.717) is 0 Å². The van der Waals surface area contributed by atoms with Crippen LogP contribution in [0.3, 0.4) is 0 Å². The summed E-state index contributed by atoms with van der Waals surface area (Å²) in [7, 11) is 4.18. The molecule has 1 aliphatic rings. The number of hydrogen-bond donors (Lipinski definition) is 1. The summed E-state index contributed by atoms with van der Waals surface area (Å²) in [6, 6.07) is 4.26. The maximum absolute atomic E-state index is 12.5. The van der Waals surface area contributed by atoms with Gasteiger partial charge >= 0.3 is 0 Å². The van der Waals surface area contributed by atoms with Gasteiger partial charge in [0.2, 0.25) is 5.91 Å². The number of amides is 1. The van der Waals surface area contributed by atoms with Crippen LogP contribution in [0.4, 0.5) is 0 Å². The van der Waals surface area contributed by atoms with Gasteiger partial charge in [-0.15, -0.1) is 11.3 Å². The van der Waals surface area contributed by atoms with Gasteiger partial charge < -0.3 is 9.80 Å². The number of thiophene rings is 1. The maximum atomic E-state index is 12.5. The molecule has 1 fully saturated rings. The molecule has 0 radical (unpaired) electrons. The van der Waals surface area contributed by atoms with Gasteiger partial charge in [-0.3, -0.25) is 10.1 Å². The normalized spacial score (nSPS) is 22.5. The average molecular weight is 309 g/mol. The molecule has 21 heavy (non-hydrogen) atoms. The van der Waals surface area contributed by atoms with Crippen LogP contribution in [-0.4, -0.2) is 48.9 Å². The highest BCUT2D eigenvalue weighted by atomic mass is 32.1. The predicted molar refractivity (Wildman–Crippen MR) is 88.5 cm³/mol. The van der Waals surface area contributed by atoms with Gasteiger partial charge in [0.25, 0.3) is 0 Å². The van der Waals surface area contributed by atoms with Crippen LogP contribution in [0.15, 0.2) is 12.1 Å². The molecule has 2 unspecified atom stereocenters. The summed E-state index contributed by atoms with van der Waals surface area (Å²) >= 11 is 1.78. The molecular formula is C16H27N3OS. The highest BCUT2D eigenvalue weighted by Gasteiger charge is 2.38. The number of nitrogens with one attached hydrogen (secondary N) is 1. The molecule has 2 atom stereocenters. The molecule has 2 heterocycles. The minimum atomic E-state index is -0.0220. The monoisotopic (exact) mass is 309 g/mol. The molecule has 0 aromatic carbocycles. The first-order chi connectivity index (χ1) is 10.0. The fourth-order valence-electron chi connectivity index (χ4n) is 2.76. The van der Waals surface area contributed by atoms with Crippen molar-refractivity contribution in [3.8, 4) is 0 Å². The lowest BCUT2D eigenvalue weighted by molar-refractivity contribution is -0.130. The lowest BCUT2D eigenvalue weighted by Crippen LogP contribution is -2.32. The largest absolute Gasteiger partial charge is 0.321 e. The first-order valence-corrected chi connectivity index (χ1v) is 8.62. The van der Waals surface area contributed by atoms with Gasteiger partial charge in [0.1, 0.15) is 6.17 Å². The Kier molecular flexibility index (Phi) is 5.79. The Bertz CT molecular complexity index is 472. The molecule has 1 aliphatic heterocycles. The van der Waals surface area contributed by atoms with Crippen LogP contribution in [-0.2, 0) is 4.79 Å². The summed E-state index contributed by atoms with van der Waals surface area (Å²) in [6.45, 7) is 6.11. The summed E-state index contributed by atoms with van der Waals surface area (Å²) in [4.78, 5) is 19.3. The molecule has 5 heteroatoms. The van der Waals surface area contributed by atoms with Gasteiger partial charge in [-0.25, -0.2) is 0 Å². The standard InChI is InChI=1S/C16H27N3OS/c1-5-13-16(20)19(11-7-6-10-18(3)4)15(17-13)14-9-8-12(2)21-14/h8-9,13,15,17H,5-7,10-11H2,1-4H3. The van der Waals surface area contributed by atoms with E-state index in [1.54, 1.807) is 11.3 Å². The van der Waals surface area contributed by atoms with Crippen LogP contribution < -0.4 is 5.32 Å². The Balaban J connectivity index is 2.01. The first kappa shape index (κ1) is 16.5. The van der Waals surface area contributed by atoms with E-state index in [-0.39, 0.29) is 18.1 Å². The van der Waals surface area contributed by atoms with Crippen molar-refractivity contribution in [1.82, 2.24) is 15.1 Å². The Hall–Kier alpha value is -0.910. The smallest absolute Gasteiger partial charge is 0.241 e. The molecule has 1 N–H and O–H groups in total. The van der Waals surface area contributed by atoms with E-state index >= 15 is 0 Å². The van der Waals surface area contributed by atoms with Crippen molar-refractivity contribution in [1.29, 1.82) is 0 Å². The number of unbranched alkanes of at least 4 members (excludes halogenated alkanes) is 1. The maximum Gasteiger partial charge on any atom is 0.241 e. The van der Waals surface area contributed by atoms with E-state index in [4.69, 9.17) is 0 Å². The van der Waals surface area contributed by atoms with Gasteiger partial charge in [0.15, 0.2) is 0 Å². The van der Waals surface area contributed by atoms with E-state index < -0.39 is 0 Å². The lowest BCUT2D eigenvalue weighted by atomic mass is 10.2. The Morgan fingerprint density at radius 2 is 2.10 bits per heavy atom. The van der Waals surface area contributed by atoms with Gasteiger partial charge in [-0.2, -0.15) is 0 Å². The topological polar surface area (TPSA) is 35.6 Å². The molecule has 2 rings (SSSR count). The van der Waals surface area contributed by atoms with Gasteiger partial charge in [0.05, 0.1) is 6.04 Å². The van der Waals surface area contributed by atoms with Crippen molar-refractivity contribution in [2.75, 3.05) is 27.2 Å². The molecule has 4 nitrogen and oxygen atoms in total. The summed E-state index contributed by atoms with van der Waals surface area (Å²) < 4.78 is 0. The number of carbonyl (C=O) groups excluding carboxylic acids is 1. The SMILES string of the molecule is CCC1NC(c2ccc(C)s2)N(CCCCN(C)C)C1=O. The van der Waals surface area contributed by atoms with Crippen molar-refractivity contribution in [3.63, 3.8) is 0 Å². The van der Waals surface area contributed by atoms with Crippen LogP contribution in [0.1, 0.15) is 42.1 Å². The summed E-state index contributed by atoms with van der Waals surface area (Å²) in [5, 5.41) is 3.50. The molecular weight excluding hydrogens is 282 g/mol. The second-order valence-corrected chi connectivity index (χ2v) is 7.34. The Morgan fingerprint density at radius 3 is 2.67 bits per heavy atom. The summed E-state index contributed by atoms with van der Waals surface area (Å²) in [5.41, 5.74) is 0. The first-order valence-electron chi connectivity index (χ1n) is 7.80. The van der Waals surface area contributed by atoms with E-state index in [0.717, 1.165) is 32.4 Å². The van der Waals surface area contributed by atoms with Crippen LogP contribution in [0, 0.1) is 6.92 Å². The third-order valence-electron chi connectivity index (χ3n) is 3.95. The Morgan fingerprint density at radius 1 is 1.33 bits per heavy atom. The molecule has 0 bridgehead atoms. The van der Waals surface area contributed by atoms with Crippen molar-refractivity contribution < 1.29 is 4.79 Å². The van der Waals surface area contributed by atoms with E-state index in [1.807, 2.05) is 4.90 Å². The highest BCUT2D eigenvalue weighted by molar-refractivity contribution is 7.12. The molecule has 0 aliphatic carbocycles. The zero-order chi connectivity index (χ0) is 15.4. The number of nitrogens with zero attached hydrogens (tertiary/aromatic N) is 2. The van der Waals surface area contributed by atoms with Crippen LogP contribution in [0.2, 0.25) is 0 Å². The van der Waals surface area contributed by atoms with Gasteiger partial charge in [-0.1, -0.05) is 6.92 Å².